The zero-order valence-corrected chi connectivity index (χ0v) is 7.11. The Bertz CT molecular complexity index is 106. The van der Waals surface area contributed by atoms with Gasteiger partial charge in [0, 0.05) is 0 Å². The molecule has 0 aromatic carbocycles. The van der Waals surface area contributed by atoms with Crippen LogP contribution in [0.15, 0.2) is 0 Å². The van der Waals surface area contributed by atoms with Crippen LogP contribution in [0, 0.1) is 0 Å². The fourth-order valence-electron chi connectivity index (χ4n) is 1.87. The summed E-state index contributed by atoms with van der Waals surface area (Å²) >= 11 is 0. The first-order valence-corrected chi connectivity index (χ1v) is 4.66. The maximum absolute atomic E-state index is 13.8. The van der Waals surface area contributed by atoms with Gasteiger partial charge in [0.15, 0.2) is 0 Å². The van der Waals surface area contributed by atoms with Gasteiger partial charge in [-0.05, 0) is 25.8 Å². The molecule has 1 rings (SSSR count). The minimum absolute atomic E-state index is 0.497. The van der Waals surface area contributed by atoms with Gasteiger partial charge in [0.1, 0.15) is 5.67 Å². The Balaban J connectivity index is 2.38. The average Bonchev–Trinajstić information content (AvgIpc) is 2.15. The van der Waals surface area contributed by atoms with Crippen molar-refractivity contribution in [3.8, 4) is 0 Å². The van der Waals surface area contributed by atoms with E-state index in [0.717, 1.165) is 25.7 Å². The molecule has 0 spiro atoms. The van der Waals surface area contributed by atoms with Gasteiger partial charge in [0.05, 0.1) is 0 Å². The summed E-state index contributed by atoms with van der Waals surface area (Å²) in [5, 5.41) is 0. The van der Waals surface area contributed by atoms with Crippen LogP contribution in [0.1, 0.15) is 44.9 Å². The molecule has 1 aliphatic carbocycles. The van der Waals surface area contributed by atoms with Crippen molar-refractivity contribution >= 4 is 0 Å². The summed E-state index contributed by atoms with van der Waals surface area (Å²) in [6.45, 7) is 0.497. The van der Waals surface area contributed by atoms with Gasteiger partial charge in [-0.2, -0.15) is 0 Å². The molecule has 0 unspecified atom stereocenters. The standard InChI is InChI=1S/C9H18FN/c10-9(7-8-11)5-3-1-2-4-6-9/h1-8,11H2. The van der Waals surface area contributed by atoms with Crippen LogP contribution in [0.3, 0.4) is 0 Å². The van der Waals surface area contributed by atoms with Crippen molar-refractivity contribution in [3.05, 3.63) is 0 Å². The lowest BCUT2D eigenvalue weighted by Crippen LogP contribution is -2.25. The van der Waals surface area contributed by atoms with E-state index in [-0.39, 0.29) is 0 Å². The lowest BCUT2D eigenvalue weighted by molar-refractivity contribution is 0.130. The van der Waals surface area contributed by atoms with E-state index >= 15 is 0 Å². The minimum atomic E-state index is -0.911. The fraction of sp³-hybridized carbons (Fsp3) is 1.00. The van der Waals surface area contributed by atoms with Gasteiger partial charge in [0.2, 0.25) is 0 Å². The van der Waals surface area contributed by atoms with Crippen LogP contribution in [0.4, 0.5) is 4.39 Å². The first-order valence-electron chi connectivity index (χ1n) is 4.66. The highest BCUT2D eigenvalue weighted by molar-refractivity contribution is 4.81. The SMILES string of the molecule is NCCC1(F)CCCCCC1. The molecule has 1 fully saturated rings. The summed E-state index contributed by atoms with van der Waals surface area (Å²) in [4.78, 5) is 0. The van der Waals surface area contributed by atoms with Crippen molar-refractivity contribution in [1.29, 1.82) is 0 Å². The van der Waals surface area contributed by atoms with E-state index in [1.54, 1.807) is 0 Å². The smallest absolute Gasteiger partial charge is 0.112 e. The number of hydrogen-bond acceptors (Lipinski definition) is 1. The molecule has 0 saturated heterocycles. The summed E-state index contributed by atoms with van der Waals surface area (Å²) in [7, 11) is 0. The van der Waals surface area contributed by atoms with E-state index in [2.05, 4.69) is 0 Å². The maximum atomic E-state index is 13.8. The van der Waals surface area contributed by atoms with E-state index in [4.69, 9.17) is 5.73 Å². The molecular formula is C9H18FN. The van der Waals surface area contributed by atoms with Gasteiger partial charge >= 0.3 is 0 Å². The molecule has 0 atom stereocenters. The monoisotopic (exact) mass is 159 g/mol. The lowest BCUT2D eigenvalue weighted by Gasteiger charge is -2.22. The van der Waals surface area contributed by atoms with Gasteiger partial charge < -0.3 is 5.73 Å². The fourth-order valence-corrected chi connectivity index (χ4v) is 1.87. The van der Waals surface area contributed by atoms with Crippen LogP contribution in [-0.2, 0) is 0 Å². The molecule has 0 aromatic rings. The summed E-state index contributed by atoms with van der Waals surface area (Å²) in [5.41, 5.74) is 4.44. The highest BCUT2D eigenvalue weighted by Gasteiger charge is 2.28. The number of alkyl halides is 1. The number of halogens is 1. The van der Waals surface area contributed by atoms with Crippen molar-refractivity contribution in [2.75, 3.05) is 6.54 Å². The van der Waals surface area contributed by atoms with Crippen LogP contribution in [0.5, 0.6) is 0 Å². The molecule has 1 nitrogen and oxygen atoms in total. The first kappa shape index (κ1) is 8.98. The lowest BCUT2D eigenvalue weighted by atomic mass is 9.93. The molecule has 0 bridgehead atoms. The van der Waals surface area contributed by atoms with Crippen LogP contribution in [0.25, 0.3) is 0 Å². The second-order valence-corrected chi connectivity index (χ2v) is 3.60. The van der Waals surface area contributed by atoms with E-state index in [1.165, 1.54) is 12.8 Å². The summed E-state index contributed by atoms with van der Waals surface area (Å²) < 4.78 is 13.8. The van der Waals surface area contributed by atoms with Crippen molar-refractivity contribution in [2.24, 2.45) is 5.73 Å². The second kappa shape index (κ2) is 4.05. The Labute approximate surface area is 68.2 Å². The number of nitrogens with two attached hydrogens (primary N) is 1. The quantitative estimate of drug-likeness (QED) is 0.615. The molecule has 66 valence electrons. The second-order valence-electron chi connectivity index (χ2n) is 3.60. The molecule has 2 N–H and O–H groups in total. The van der Waals surface area contributed by atoms with Crippen molar-refractivity contribution in [2.45, 2.75) is 50.6 Å². The van der Waals surface area contributed by atoms with E-state index < -0.39 is 5.67 Å². The van der Waals surface area contributed by atoms with Crippen LogP contribution in [0.2, 0.25) is 0 Å². The zero-order chi connectivity index (χ0) is 8.16. The van der Waals surface area contributed by atoms with Crippen molar-refractivity contribution < 1.29 is 4.39 Å². The molecule has 0 radical (unpaired) electrons. The van der Waals surface area contributed by atoms with Gasteiger partial charge in [-0.15, -0.1) is 0 Å². The van der Waals surface area contributed by atoms with Crippen LogP contribution in [-0.4, -0.2) is 12.2 Å². The Morgan fingerprint density at radius 3 is 2.09 bits per heavy atom. The Morgan fingerprint density at radius 2 is 1.64 bits per heavy atom. The minimum Gasteiger partial charge on any atom is -0.330 e. The van der Waals surface area contributed by atoms with Gasteiger partial charge in [-0.25, -0.2) is 4.39 Å². The zero-order valence-electron chi connectivity index (χ0n) is 7.11. The van der Waals surface area contributed by atoms with Gasteiger partial charge in [0.25, 0.3) is 0 Å². The Kier molecular flexibility index (Phi) is 3.31. The topological polar surface area (TPSA) is 26.0 Å². The molecule has 1 aliphatic rings. The predicted octanol–water partition coefficient (Wildman–Crippen LogP) is 2.40. The molecule has 11 heavy (non-hydrogen) atoms. The normalized spacial score (nSPS) is 24.5. The van der Waals surface area contributed by atoms with Gasteiger partial charge in [-0.1, -0.05) is 25.7 Å². The largest absolute Gasteiger partial charge is 0.330 e. The third-order valence-electron chi connectivity index (χ3n) is 2.59. The average molecular weight is 159 g/mol. The van der Waals surface area contributed by atoms with E-state index in [0.29, 0.717) is 13.0 Å². The number of rotatable bonds is 2. The third-order valence-corrected chi connectivity index (χ3v) is 2.59. The van der Waals surface area contributed by atoms with Crippen molar-refractivity contribution in [3.63, 3.8) is 0 Å². The van der Waals surface area contributed by atoms with Crippen LogP contribution >= 0.6 is 0 Å². The molecule has 0 aliphatic heterocycles. The van der Waals surface area contributed by atoms with Gasteiger partial charge in [-0.3, -0.25) is 0 Å². The molecular weight excluding hydrogens is 141 g/mol. The molecule has 0 heterocycles. The summed E-state index contributed by atoms with van der Waals surface area (Å²) in [6, 6.07) is 0. The van der Waals surface area contributed by atoms with Crippen LogP contribution < -0.4 is 5.73 Å². The molecule has 0 aromatic heterocycles. The van der Waals surface area contributed by atoms with E-state index in [1.807, 2.05) is 0 Å². The third kappa shape index (κ3) is 2.78. The first-order chi connectivity index (χ1) is 5.27. The molecule has 1 saturated carbocycles. The highest BCUT2D eigenvalue weighted by Crippen LogP contribution is 2.32. The molecule has 0 amide bonds. The summed E-state index contributed by atoms with van der Waals surface area (Å²) in [5.74, 6) is 0. The molecule has 2 heteroatoms. The maximum Gasteiger partial charge on any atom is 0.112 e. The highest BCUT2D eigenvalue weighted by atomic mass is 19.1. The van der Waals surface area contributed by atoms with Crippen molar-refractivity contribution in [1.82, 2.24) is 0 Å². The Morgan fingerprint density at radius 1 is 1.09 bits per heavy atom. The number of hydrogen-bond donors (Lipinski definition) is 1. The Hall–Kier alpha value is -0.110. The summed E-state index contributed by atoms with van der Waals surface area (Å²) in [6.07, 6.45) is 6.56. The predicted molar refractivity (Wildman–Crippen MR) is 45.2 cm³/mol. The van der Waals surface area contributed by atoms with E-state index in [9.17, 15) is 4.39 Å².